The van der Waals surface area contributed by atoms with E-state index in [9.17, 15) is 64.2 Å². The van der Waals surface area contributed by atoms with Crippen LogP contribution < -0.4 is 83.1 Å². The van der Waals surface area contributed by atoms with Gasteiger partial charge in [-0.2, -0.15) is 0 Å². The molecule has 0 bridgehead atoms. The van der Waals surface area contributed by atoms with Crippen molar-refractivity contribution in [2.75, 3.05) is 4.90 Å². The largest absolute Gasteiger partial charge is 0.370 e. The van der Waals surface area contributed by atoms with E-state index in [1.807, 2.05) is 16.0 Å². The second-order valence-electron chi connectivity index (χ2n) is 13.7. The third kappa shape index (κ3) is 15.3. The third-order valence-corrected chi connectivity index (χ3v) is 8.66. The number of nitrogens with zero attached hydrogens (tertiary/aromatic N) is 8. The molecule has 0 saturated carbocycles. The molecular weight excluding hydrogens is 937 g/mol. The highest BCUT2D eigenvalue weighted by molar-refractivity contribution is 5.99. The summed E-state index contributed by atoms with van der Waals surface area (Å²) in [5.74, 6) is -11.7. The van der Waals surface area contributed by atoms with Gasteiger partial charge in [0.15, 0.2) is 23.8 Å². The van der Waals surface area contributed by atoms with Gasteiger partial charge in [-0.25, -0.2) is 20.0 Å². The Morgan fingerprint density at radius 1 is 0.529 bits per heavy atom. The molecule has 0 aromatic heterocycles. The molecule has 6 unspecified atom stereocenters. The number of benzene rings is 3. The van der Waals surface area contributed by atoms with Crippen LogP contribution in [0.1, 0.15) is 17.2 Å². The number of nitrogens with two attached hydrogens (primary N) is 9. The van der Waals surface area contributed by atoms with Gasteiger partial charge in [0.2, 0.25) is 36.8 Å². The summed E-state index contributed by atoms with van der Waals surface area (Å²) in [4.78, 5) is 128. The van der Waals surface area contributed by atoms with E-state index in [-0.39, 0.29) is 11.1 Å². The zero-order chi connectivity index (χ0) is 52.6. The number of aliphatic hydroxyl groups is 1. The molecule has 6 atom stereocenters. The van der Waals surface area contributed by atoms with E-state index >= 15 is 0 Å². The van der Waals surface area contributed by atoms with Gasteiger partial charge in [-0.1, -0.05) is 48.5 Å². The lowest BCUT2D eigenvalue weighted by Gasteiger charge is -2.30. The van der Waals surface area contributed by atoms with E-state index < -0.39 is 140 Å². The fourth-order valence-corrected chi connectivity index (χ4v) is 5.72. The van der Waals surface area contributed by atoms with Gasteiger partial charge in [0, 0.05) is 17.7 Å². The SMILES string of the molecule is NC(=O)C(N=C(N)N)NC(=O)C(N=C(N)N)NC(=O)C(N=C(N)N)NC(=O)C(N=C(N)N)NC(=O)C(NC(=O)C(O)N(Cc1ccccc1[N+](=O)[O-])c1ccc([N+](=O)[O-])cc1[N+](=O)[O-])c1ccccc1. The number of para-hydroxylation sites is 1. The highest BCUT2D eigenvalue weighted by Gasteiger charge is 2.37. The number of hydrogen-bond acceptors (Lipinski definition) is 18. The molecule has 0 aliphatic rings. The summed E-state index contributed by atoms with van der Waals surface area (Å²) < 4.78 is 0. The van der Waals surface area contributed by atoms with Crippen LogP contribution in [-0.2, 0) is 35.3 Å². The van der Waals surface area contributed by atoms with Crippen LogP contribution in [0.25, 0.3) is 0 Å². The average Bonchev–Trinajstić information content (AvgIpc) is 3.28. The van der Waals surface area contributed by atoms with Crippen molar-refractivity contribution in [1.29, 1.82) is 0 Å². The molecule has 372 valence electrons. The molecule has 3 aromatic rings. The monoisotopic (exact) mass is 980 g/mol. The van der Waals surface area contributed by atoms with Crippen molar-refractivity contribution >= 4 is 82.0 Å². The number of nitro groups is 3. The van der Waals surface area contributed by atoms with Crippen molar-refractivity contribution in [2.45, 2.75) is 43.5 Å². The van der Waals surface area contributed by atoms with Crippen LogP contribution in [0.3, 0.4) is 0 Å². The van der Waals surface area contributed by atoms with Gasteiger partial charge in [0.1, 0.15) is 11.7 Å². The van der Waals surface area contributed by atoms with Crippen molar-refractivity contribution in [3.63, 3.8) is 0 Å². The number of anilines is 1. The fraction of sp³-hybridized carbons (Fsp3) is 0.200. The van der Waals surface area contributed by atoms with Crippen LogP contribution in [0.2, 0.25) is 0 Å². The van der Waals surface area contributed by atoms with Crippen LogP contribution in [0, 0.1) is 30.3 Å². The zero-order valence-electron chi connectivity index (χ0n) is 35.7. The molecule has 6 amide bonds. The number of amides is 6. The number of primary amides is 1. The number of nitrogens with one attached hydrogen (secondary N) is 5. The Kier molecular flexibility index (Phi) is 18.6. The number of non-ortho nitro benzene ring substituents is 1. The Morgan fingerprint density at radius 2 is 0.957 bits per heavy atom. The summed E-state index contributed by atoms with van der Waals surface area (Å²) in [6, 6.07) is 11.9. The maximum absolute atomic E-state index is 14.1. The van der Waals surface area contributed by atoms with Crippen molar-refractivity contribution in [3.8, 4) is 0 Å². The number of carbonyl (C=O) groups is 6. The average molecular weight is 981 g/mol. The van der Waals surface area contributed by atoms with Gasteiger partial charge in [-0.3, -0.25) is 59.1 Å². The van der Waals surface area contributed by atoms with Crippen molar-refractivity contribution in [2.24, 2.45) is 71.6 Å². The number of aliphatic hydroxyl groups excluding tert-OH is 1. The molecule has 0 spiro atoms. The second-order valence-corrected chi connectivity index (χ2v) is 13.7. The van der Waals surface area contributed by atoms with Crippen LogP contribution >= 0.6 is 0 Å². The number of aliphatic imine (C=N–C) groups is 4. The van der Waals surface area contributed by atoms with E-state index in [0.29, 0.717) is 11.0 Å². The van der Waals surface area contributed by atoms with Gasteiger partial charge in [0.25, 0.3) is 46.6 Å². The molecule has 70 heavy (non-hydrogen) atoms. The van der Waals surface area contributed by atoms with Gasteiger partial charge in [-0.15, -0.1) is 0 Å². The highest BCUT2D eigenvalue weighted by Crippen LogP contribution is 2.35. The Labute approximate surface area is 391 Å². The lowest BCUT2D eigenvalue weighted by molar-refractivity contribution is -0.393. The minimum absolute atomic E-state index is 0.0730. The van der Waals surface area contributed by atoms with E-state index in [0.717, 1.165) is 18.2 Å². The number of rotatable bonds is 23. The van der Waals surface area contributed by atoms with Crippen molar-refractivity contribution < 1.29 is 48.6 Å². The first kappa shape index (κ1) is 53.9. The van der Waals surface area contributed by atoms with Gasteiger partial charge < -0.3 is 88.2 Å². The molecule has 3 rings (SSSR count). The molecule has 0 heterocycles. The molecular formula is C35H44N22O13. The number of carbonyl (C=O) groups excluding carboxylic acids is 6. The van der Waals surface area contributed by atoms with Gasteiger partial charge in [-0.05, 0) is 11.6 Å². The zero-order valence-corrected chi connectivity index (χ0v) is 35.7. The first-order valence-corrected chi connectivity index (χ1v) is 19.1. The number of guanidine groups is 4. The third-order valence-electron chi connectivity index (χ3n) is 8.66. The summed E-state index contributed by atoms with van der Waals surface area (Å²) in [6.45, 7) is -0.826. The molecule has 0 aliphatic heterocycles. The smallest absolute Gasteiger partial charge is 0.299 e. The quantitative estimate of drug-likeness (QED) is 0.0138. The summed E-state index contributed by atoms with van der Waals surface area (Å²) >= 11 is 0. The molecule has 35 heteroatoms. The van der Waals surface area contributed by atoms with Crippen LogP contribution in [-0.4, -0.2) is 110 Å². The van der Waals surface area contributed by atoms with E-state index in [1.54, 1.807) is 0 Å². The second kappa shape index (κ2) is 24.2. The number of hydrogen-bond donors (Lipinski definition) is 15. The summed E-state index contributed by atoms with van der Waals surface area (Å²) in [6.07, 6.45) is -11.2. The van der Waals surface area contributed by atoms with Crippen LogP contribution in [0.4, 0.5) is 22.7 Å². The maximum Gasteiger partial charge on any atom is 0.299 e. The van der Waals surface area contributed by atoms with E-state index in [4.69, 9.17) is 51.6 Å². The molecule has 0 aliphatic carbocycles. The predicted octanol–water partition coefficient (Wildman–Crippen LogP) is -7.06. The lowest BCUT2D eigenvalue weighted by atomic mass is 10.1. The Hall–Kier alpha value is -10.5. The van der Waals surface area contributed by atoms with Crippen molar-refractivity contribution in [3.05, 3.63) is 114 Å². The summed E-state index contributed by atoms with van der Waals surface area (Å²) in [7, 11) is 0. The number of nitro benzene ring substituents is 3. The summed E-state index contributed by atoms with van der Waals surface area (Å²) in [5.41, 5.74) is 45.2. The van der Waals surface area contributed by atoms with Crippen LogP contribution in [0.5, 0.6) is 0 Å². The van der Waals surface area contributed by atoms with Gasteiger partial charge in [0.05, 0.1) is 27.4 Å². The molecule has 0 saturated heterocycles. The Morgan fingerprint density at radius 3 is 1.40 bits per heavy atom. The van der Waals surface area contributed by atoms with Gasteiger partial charge >= 0.3 is 0 Å². The van der Waals surface area contributed by atoms with Crippen LogP contribution in [0.15, 0.2) is 92.8 Å². The molecule has 24 N–H and O–H groups in total. The highest BCUT2D eigenvalue weighted by atomic mass is 16.6. The van der Waals surface area contributed by atoms with E-state index in [2.05, 4.69) is 30.6 Å². The molecule has 0 radical (unpaired) electrons. The standard InChI is InChI=1S/C35H44N22O13/c36-21(58)22(50-32(37)38)46-27(60)24(52-34(41)42)48-29(62)25(53-35(43)44)49-28(61)23(51-33(39)40)47-26(59)20(14-6-2-1-3-7-14)45-30(63)31(64)54(13-15-8-4-5-9-17(15)56(67)68)18-11-10-16(55(65)66)12-19(18)57(69)70/h1-12,20,22-25,31,64H,13H2,(H2,36,58)(H,45,63)(H,46,60)(H,47,59)(H,48,62)(H,49,61)(H4,37,38,50)(H4,39,40,51)(H4,41,42,52)(H4,43,44,53). The fourth-order valence-electron chi connectivity index (χ4n) is 5.72. The maximum atomic E-state index is 14.1. The lowest BCUT2D eigenvalue weighted by Crippen LogP contribution is -2.58. The minimum Gasteiger partial charge on any atom is -0.370 e. The minimum atomic E-state index is -2.59. The Bertz CT molecular complexity index is 2630. The summed E-state index contributed by atoms with van der Waals surface area (Å²) in [5, 5.41) is 57.5. The topological polar surface area (TPSA) is 599 Å². The molecule has 35 nitrogen and oxygen atoms in total. The predicted molar refractivity (Wildman–Crippen MR) is 243 cm³/mol. The first-order chi connectivity index (χ1) is 32.8. The normalized spacial score (nSPS) is 13.0. The molecule has 3 aromatic carbocycles. The van der Waals surface area contributed by atoms with E-state index in [1.165, 1.54) is 48.5 Å². The molecule has 0 fully saturated rings. The first-order valence-electron chi connectivity index (χ1n) is 19.1. The van der Waals surface area contributed by atoms with Crippen molar-refractivity contribution in [1.82, 2.24) is 26.6 Å². The Balaban J connectivity index is 2.04.